The fraction of sp³-hybridized carbons (Fsp3) is 0.0465. The Morgan fingerprint density at radius 3 is 1.20 bits per heavy atom. The summed E-state index contributed by atoms with van der Waals surface area (Å²) in [4.78, 5) is 5.40. The van der Waals surface area contributed by atoms with Crippen LogP contribution in [0.1, 0.15) is 38.9 Å². The topological polar surface area (TPSA) is 0 Å². The first kappa shape index (κ1) is 28.4. The monoisotopic (exact) mass is 638 g/mol. The van der Waals surface area contributed by atoms with E-state index in [4.69, 9.17) is 12.2 Å². The lowest BCUT2D eigenvalue weighted by Crippen LogP contribution is -1.97. The van der Waals surface area contributed by atoms with Crippen LogP contribution in [-0.4, -0.2) is 4.86 Å². The molecule has 0 saturated carbocycles. The zero-order chi connectivity index (χ0) is 31.2. The second kappa shape index (κ2) is 11.7. The summed E-state index contributed by atoms with van der Waals surface area (Å²) in [5.74, 6) is 14.1. The number of rotatable bonds is 2. The molecule has 8 rings (SSSR count). The van der Waals surface area contributed by atoms with E-state index in [1.54, 1.807) is 22.7 Å². The van der Waals surface area contributed by atoms with Gasteiger partial charge in [0.05, 0.1) is 9.75 Å². The summed E-state index contributed by atoms with van der Waals surface area (Å²) in [6, 6.07) is 42.7. The summed E-state index contributed by atoms with van der Waals surface area (Å²) in [6.45, 7) is 4.21. The Morgan fingerprint density at radius 1 is 0.457 bits per heavy atom. The fourth-order valence-corrected chi connectivity index (χ4v) is 8.48. The minimum atomic E-state index is 0.899. The van der Waals surface area contributed by atoms with E-state index in [-0.39, 0.29) is 0 Å². The summed E-state index contributed by atoms with van der Waals surface area (Å²) < 4.78 is 0. The van der Waals surface area contributed by atoms with Gasteiger partial charge in [-0.15, -0.1) is 22.7 Å². The van der Waals surface area contributed by atoms with Crippen LogP contribution < -0.4 is 0 Å². The third kappa shape index (κ3) is 4.91. The van der Waals surface area contributed by atoms with Gasteiger partial charge in [0.25, 0.3) is 0 Å². The van der Waals surface area contributed by atoms with Crippen LogP contribution in [0, 0.1) is 30.6 Å². The summed E-state index contributed by atoms with van der Waals surface area (Å²) in [7, 11) is 0. The van der Waals surface area contributed by atoms with E-state index >= 15 is 0 Å². The number of hydrogen-bond acceptors (Lipinski definition) is 3. The number of fused-ring (bicyclic) bond motifs is 4. The lowest BCUT2D eigenvalue weighted by molar-refractivity contribution is 1.57. The van der Waals surface area contributed by atoms with Crippen molar-refractivity contribution in [3.63, 3.8) is 0 Å². The normalized spacial score (nSPS) is 11.0. The van der Waals surface area contributed by atoms with Crippen molar-refractivity contribution >= 4 is 82.8 Å². The molecule has 0 amide bonds. The molecule has 0 aliphatic carbocycles. The van der Waals surface area contributed by atoms with Gasteiger partial charge in [0.15, 0.2) is 0 Å². The maximum absolute atomic E-state index is 5.69. The SMILES string of the molecule is CC(=S)c1c2ccccc2c(C#Cc2ccc(-c3ccc(C#Cc4c5ccccc5c(C)c5ccccc45)s3)s2)c2ccccc12. The lowest BCUT2D eigenvalue weighted by atomic mass is 9.91. The van der Waals surface area contributed by atoms with Gasteiger partial charge in [-0.3, -0.25) is 0 Å². The van der Waals surface area contributed by atoms with Gasteiger partial charge in [-0.1, -0.05) is 133 Å². The van der Waals surface area contributed by atoms with Gasteiger partial charge in [0.2, 0.25) is 0 Å². The molecule has 6 aromatic carbocycles. The molecule has 0 nitrogen and oxygen atoms in total. The zero-order valence-corrected chi connectivity index (χ0v) is 27.7. The van der Waals surface area contributed by atoms with Crippen LogP contribution in [0.4, 0.5) is 0 Å². The maximum atomic E-state index is 5.69. The maximum Gasteiger partial charge on any atom is 0.0779 e. The van der Waals surface area contributed by atoms with Gasteiger partial charge in [-0.2, -0.15) is 0 Å². The van der Waals surface area contributed by atoms with Crippen LogP contribution in [0.3, 0.4) is 0 Å². The molecule has 0 spiro atoms. The molecular weight excluding hydrogens is 613 g/mol. The van der Waals surface area contributed by atoms with E-state index in [0.717, 1.165) is 52.9 Å². The van der Waals surface area contributed by atoms with E-state index in [0.29, 0.717) is 0 Å². The van der Waals surface area contributed by atoms with Gasteiger partial charge < -0.3 is 0 Å². The summed E-state index contributed by atoms with van der Waals surface area (Å²) >= 11 is 9.15. The molecule has 0 fully saturated rings. The number of benzene rings is 6. The number of aryl methyl sites for hydroxylation is 1. The van der Waals surface area contributed by atoms with E-state index in [1.165, 1.54) is 36.9 Å². The van der Waals surface area contributed by atoms with E-state index in [2.05, 4.69) is 152 Å². The highest BCUT2D eigenvalue weighted by atomic mass is 32.1. The van der Waals surface area contributed by atoms with Gasteiger partial charge >= 0.3 is 0 Å². The third-order valence-electron chi connectivity index (χ3n) is 8.56. The largest absolute Gasteiger partial charge is 0.126 e. The molecule has 8 aromatic rings. The van der Waals surface area contributed by atoms with Crippen LogP contribution in [0.5, 0.6) is 0 Å². The Labute approximate surface area is 282 Å². The highest BCUT2D eigenvalue weighted by Crippen LogP contribution is 2.36. The predicted molar refractivity (Wildman–Crippen MR) is 205 cm³/mol. The first-order valence-electron chi connectivity index (χ1n) is 15.2. The predicted octanol–water partition coefficient (Wildman–Crippen LogP) is 11.9. The average molecular weight is 639 g/mol. The minimum Gasteiger partial charge on any atom is -0.126 e. The van der Waals surface area contributed by atoms with Crippen molar-refractivity contribution in [2.24, 2.45) is 0 Å². The summed E-state index contributed by atoms with van der Waals surface area (Å²) in [6.07, 6.45) is 0. The molecule has 0 atom stereocenters. The Kier molecular flexibility index (Phi) is 7.25. The second-order valence-corrected chi connectivity index (χ2v) is 14.1. The van der Waals surface area contributed by atoms with Crippen LogP contribution in [0.2, 0.25) is 0 Å². The lowest BCUT2D eigenvalue weighted by Gasteiger charge is -2.13. The molecule has 2 aromatic heterocycles. The van der Waals surface area contributed by atoms with Crippen LogP contribution in [-0.2, 0) is 0 Å². The Balaban J connectivity index is 1.15. The van der Waals surface area contributed by atoms with Gasteiger partial charge in [0, 0.05) is 31.3 Å². The van der Waals surface area contributed by atoms with Crippen molar-refractivity contribution in [3.05, 3.63) is 153 Å². The highest BCUT2D eigenvalue weighted by molar-refractivity contribution is 7.80. The number of hydrogen-bond donors (Lipinski definition) is 0. The first-order valence-corrected chi connectivity index (χ1v) is 17.2. The molecule has 216 valence electrons. The minimum absolute atomic E-state index is 0.899. The molecule has 0 N–H and O–H groups in total. The van der Waals surface area contributed by atoms with Crippen molar-refractivity contribution in [3.8, 4) is 33.4 Å². The van der Waals surface area contributed by atoms with E-state index < -0.39 is 0 Å². The molecule has 46 heavy (non-hydrogen) atoms. The van der Waals surface area contributed by atoms with Gasteiger partial charge in [-0.05, 0) is 86.8 Å². The summed E-state index contributed by atoms with van der Waals surface area (Å²) in [5, 5.41) is 9.52. The molecule has 0 saturated heterocycles. The fourth-order valence-electron chi connectivity index (χ4n) is 6.45. The molecule has 2 heterocycles. The van der Waals surface area contributed by atoms with Crippen molar-refractivity contribution < 1.29 is 0 Å². The molecule has 0 unspecified atom stereocenters. The number of thiophene rings is 2. The van der Waals surface area contributed by atoms with Crippen molar-refractivity contribution in [2.75, 3.05) is 0 Å². The Morgan fingerprint density at radius 2 is 0.804 bits per heavy atom. The number of thiocarbonyl (C=S) groups is 1. The first-order chi connectivity index (χ1) is 22.6. The third-order valence-corrected chi connectivity index (χ3v) is 11.0. The molecule has 0 bridgehead atoms. The van der Waals surface area contributed by atoms with Gasteiger partial charge in [0.1, 0.15) is 0 Å². The standard InChI is InChI=1S/C43H26S3/c1-27-31-11-3-5-13-33(31)37(34-14-6-4-12-32(27)34)23-19-29-21-25-41(45-29)42-26-22-30(46-42)20-24-38-35-15-7-9-17-39(35)43(28(2)44)40-18-10-8-16-36(38)40/h3-18,21-22,25-26H,1-2H3. The molecular formula is C43H26S3. The highest BCUT2D eigenvalue weighted by Gasteiger charge is 2.14. The van der Waals surface area contributed by atoms with E-state index in [9.17, 15) is 0 Å². The molecule has 3 heteroatoms. The van der Waals surface area contributed by atoms with Crippen LogP contribution >= 0.6 is 34.9 Å². The average Bonchev–Trinajstić information content (AvgIpc) is 3.76. The van der Waals surface area contributed by atoms with Crippen LogP contribution in [0.25, 0.3) is 52.8 Å². The van der Waals surface area contributed by atoms with Crippen molar-refractivity contribution in [1.82, 2.24) is 0 Å². The summed E-state index contributed by atoms with van der Waals surface area (Å²) in [5.41, 5.74) is 4.57. The van der Waals surface area contributed by atoms with Gasteiger partial charge in [-0.25, -0.2) is 0 Å². The molecule has 0 aliphatic heterocycles. The molecule has 0 aliphatic rings. The zero-order valence-electron chi connectivity index (χ0n) is 25.3. The van der Waals surface area contributed by atoms with Crippen LogP contribution in [0.15, 0.2) is 121 Å². The smallest absolute Gasteiger partial charge is 0.0779 e. The van der Waals surface area contributed by atoms with Crippen molar-refractivity contribution in [1.29, 1.82) is 0 Å². The second-order valence-electron chi connectivity index (χ2n) is 11.3. The van der Waals surface area contributed by atoms with E-state index in [1.807, 2.05) is 6.92 Å². The molecule has 0 radical (unpaired) electrons. The quantitative estimate of drug-likeness (QED) is 0.0786. The Bertz CT molecular complexity index is 2530. The van der Waals surface area contributed by atoms with Crippen molar-refractivity contribution in [2.45, 2.75) is 13.8 Å². The Hall–Kier alpha value is -5.03.